The first-order valence-electron chi connectivity index (χ1n) is 7.62. The summed E-state index contributed by atoms with van der Waals surface area (Å²) in [6.07, 6.45) is 0. The van der Waals surface area contributed by atoms with Crippen molar-refractivity contribution in [2.75, 3.05) is 13.6 Å². The molecule has 0 fully saturated rings. The smallest absolute Gasteiger partial charge is 0.0665 e. The van der Waals surface area contributed by atoms with Crippen LogP contribution in [-0.2, 0) is 0 Å². The summed E-state index contributed by atoms with van der Waals surface area (Å²) in [4.78, 5) is 0. The molecule has 0 saturated heterocycles. The molecule has 22 heavy (non-hydrogen) atoms. The van der Waals surface area contributed by atoms with Crippen molar-refractivity contribution >= 4 is 22.4 Å². The fourth-order valence-electron chi connectivity index (χ4n) is 2.92. The molecule has 3 aromatic carbocycles. The number of rotatable bonds is 5. The van der Waals surface area contributed by atoms with Crippen molar-refractivity contribution in [2.24, 2.45) is 0 Å². The maximum absolute atomic E-state index is 6.80. The molecule has 0 aliphatic carbocycles. The molecule has 0 aliphatic heterocycles. The van der Waals surface area contributed by atoms with Gasteiger partial charge in [0.25, 0.3) is 0 Å². The minimum Gasteiger partial charge on any atom is -0.319 e. The lowest BCUT2D eigenvalue weighted by Crippen LogP contribution is -2.21. The molecule has 0 bridgehead atoms. The van der Waals surface area contributed by atoms with Crippen LogP contribution in [0.3, 0.4) is 0 Å². The van der Waals surface area contributed by atoms with Gasteiger partial charge in [-0.05, 0) is 28.9 Å². The molecular weight excluding hydrogens is 290 g/mol. The molecule has 0 radical (unpaired) electrons. The van der Waals surface area contributed by atoms with Crippen LogP contribution in [0.4, 0.5) is 0 Å². The Bertz CT molecular complexity index is 739. The quantitative estimate of drug-likeness (QED) is 0.645. The Hall–Kier alpha value is -1.83. The van der Waals surface area contributed by atoms with Crippen molar-refractivity contribution < 1.29 is 0 Å². The van der Waals surface area contributed by atoms with Crippen LogP contribution in [0, 0.1) is 0 Å². The number of hydrogen-bond donors (Lipinski definition) is 1. The molecule has 3 rings (SSSR count). The predicted octanol–water partition coefficient (Wildman–Crippen LogP) is 5.12. The monoisotopic (exact) mass is 309 g/mol. The van der Waals surface area contributed by atoms with Gasteiger partial charge in [-0.25, -0.2) is 0 Å². The van der Waals surface area contributed by atoms with Gasteiger partial charge in [-0.2, -0.15) is 0 Å². The second kappa shape index (κ2) is 6.95. The van der Waals surface area contributed by atoms with Gasteiger partial charge in [0.1, 0.15) is 0 Å². The van der Waals surface area contributed by atoms with Gasteiger partial charge < -0.3 is 5.32 Å². The Kier molecular flexibility index (Phi) is 4.77. The highest BCUT2D eigenvalue weighted by Crippen LogP contribution is 2.36. The first-order chi connectivity index (χ1) is 10.8. The van der Waals surface area contributed by atoms with E-state index in [1.165, 1.54) is 16.3 Å². The zero-order valence-corrected chi connectivity index (χ0v) is 13.4. The van der Waals surface area contributed by atoms with Gasteiger partial charge in [0.15, 0.2) is 0 Å². The SMILES string of the molecule is CNC[C@H](c1ccc2ccccc2c1)C(Cl)c1ccccc1. The Balaban J connectivity index is 1.98. The zero-order chi connectivity index (χ0) is 15.4. The largest absolute Gasteiger partial charge is 0.319 e. The van der Waals surface area contributed by atoms with E-state index in [1.807, 2.05) is 25.2 Å². The van der Waals surface area contributed by atoms with Crippen LogP contribution in [0.1, 0.15) is 22.4 Å². The van der Waals surface area contributed by atoms with Gasteiger partial charge in [0.05, 0.1) is 5.38 Å². The number of halogens is 1. The van der Waals surface area contributed by atoms with E-state index in [0.717, 1.165) is 12.1 Å². The minimum atomic E-state index is -0.0465. The van der Waals surface area contributed by atoms with Crippen LogP contribution < -0.4 is 5.32 Å². The van der Waals surface area contributed by atoms with E-state index < -0.39 is 0 Å². The molecule has 1 nitrogen and oxygen atoms in total. The standard InChI is InChI=1S/C20H20ClN/c1-22-14-19(20(21)16-8-3-2-4-9-16)18-12-11-15-7-5-6-10-17(15)13-18/h2-13,19-20,22H,14H2,1H3/t19-,20?/m1/s1. The number of hydrogen-bond acceptors (Lipinski definition) is 1. The fraction of sp³-hybridized carbons (Fsp3) is 0.200. The van der Waals surface area contributed by atoms with Gasteiger partial charge in [0, 0.05) is 12.5 Å². The summed E-state index contributed by atoms with van der Waals surface area (Å²) in [7, 11) is 1.97. The Morgan fingerprint density at radius 1 is 0.818 bits per heavy atom. The molecule has 0 saturated carbocycles. The summed E-state index contributed by atoms with van der Waals surface area (Å²) in [5.74, 6) is 0.235. The molecule has 1 N–H and O–H groups in total. The van der Waals surface area contributed by atoms with E-state index >= 15 is 0 Å². The molecule has 2 atom stereocenters. The maximum atomic E-state index is 6.80. The molecule has 0 aliphatic rings. The number of likely N-dealkylation sites (N-methyl/N-ethyl adjacent to an activating group) is 1. The zero-order valence-electron chi connectivity index (χ0n) is 12.7. The van der Waals surface area contributed by atoms with E-state index in [-0.39, 0.29) is 11.3 Å². The third-order valence-corrected chi connectivity index (χ3v) is 4.65. The summed E-state index contributed by atoms with van der Waals surface area (Å²) < 4.78 is 0. The Morgan fingerprint density at radius 3 is 2.23 bits per heavy atom. The highest BCUT2D eigenvalue weighted by atomic mass is 35.5. The summed E-state index contributed by atoms with van der Waals surface area (Å²) in [5, 5.41) is 5.76. The molecule has 3 aromatic rings. The van der Waals surface area contributed by atoms with Crippen LogP contribution in [0.25, 0.3) is 10.8 Å². The van der Waals surface area contributed by atoms with Crippen LogP contribution in [-0.4, -0.2) is 13.6 Å². The number of nitrogens with one attached hydrogen (secondary N) is 1. The normalized spacial score (nSPS) is 13.9. The van der Waals surface area contributed by atoms with Crippen LogP contribution in [0.15, 0.2) is 72.8 Å². The van der Waals surface area contributed by atoms with Crippen LogP contribution in [0.5, 0.6) is 0 Å². The van der Waals surface area contributed by atoms with Crippen LogP contribution >= 0.6 is 11.6 Å². The molecule has 0 heterocycles. The predicted molar refractivity (Wildman–Crippen MR) is 95.7 cm³/mol. The number of alkyl halides is 1. The van der Waals surface area contributed by atoms with E-state index in [9.17, 15) is 0 Å². The van der Waals surface area contributed by atoms with Crippen molar-refractivity contribution in [3.8, 4) is 0 Å². The maximum Gasteiger partial charge on any atom is 0.0665 e. The lowest BCUT2D eigenvalue weighted by Gasteiger charge is -2.23. The topological polar surface area (TPSA) is 12.0 Å². The first kappa shape index (κ1) is 15.1. The van der Waals surface area contributed by atoms with Crippen molar-refractivity contribution in [3.63, 3.8) is 0 Å². The van der Waals surface area contributed by atoms with Crippen LogP contribution in [0.2, 0.25) is 0 Å². The van der Waals surface area contributed by atoms with Crippen molar-refractivity contribution in [2.45, 2.75) is 11.3 Å². The minimum absolute atomic E-state index is 0.0465. The van der Waals surface area contributed by atoms with E-state index in [0.29, 0.717) is 0 Å². The van der Waals surface area contributed by atoms with E-state index in [2.05, 4.69) is 59.9 Å². The molecule has 0 aromatic heterocycles. The molecule has 112 valence electrons. The number of benzene rings is 3. The summed E-state index contributed by atoms with van der Waals surface area (Å²) >= 11 is 6.80. The highest BCUT2D eigenvalue weighted by Gasteiger charge is 2.22. The highest BCUT2D eigenvalue weighted by molar-refractivity contribution is 6.21. The first-order valence-corrected chi connectivity index (χ1v) is 8.05. The molecule has 2 heteroatoms. The Labute approximate surface area is 136 Å². The van der Waals surface area contributed by atoms with Crippen molar-refractivity contribution in [1.29, 1.82) is 0 Å². The molecule has 0 amide bonds. The van der Waals surface area contributed by atoms with Gasteiger partial charge in [0.2, 0.25) is 0 Å². The summed E-state index contributed by atoms with van der Waals surface area (Å²) in [6, 6.07) is 25.4. The third-order valence-electron chi connectivity index (χ3n) is 4.10. The summed E-state index contributed by atoms with van der Waals surface area (Å²) in [6.45, 7) is 0.849. The fourth-order valence-corrected chi connectivity index (χ4v) is 3.30. The molecular formula is C20H20ClN. The van der Waals surface area contributed by atoms with Gasteiger partial charge in [-0.3, -0.25) is 0 Å². The van der Waals surface area contributed by atoms with Gasteiger partial charge in [-0.15, -0.1) is 11.6 Å². The number of fused-ring (bicyclic) bond motifs is 1. The lowest BCUT2D eigenvalue weighted by molar-refractivity contribution is 0.611. The van der Waals surface area contributed by atoms with Crippen molar-refractivity contribution in [1.82, 2.24) is 5.32 Å². The second-order valence-corrected chi connectivity index (χ2v) is 6.05. The van der Waals surface area contributed by atoms with Crippen molar-refractivity contribution in [3.05, 3.63) is 83.9 Å². The summed E-state index contributed by atoms with van der Waals surface area (Å²) in [5.41, 5.74) is 2.44. The molecule has 1 unspecified atom stereocenters. The second-order valence-electron chi connectivity index (χ2n) is 5.58. The average molecular weight is 310 g/mol. The van der Waals surface area contributed by atoms with E-state index in [4.69, 9.17) is 11.6 Å². The Morgan fingerprint density at radius 2 is 1.50 bits per heavy atom. The lowest BCUT2D eigenvalue weighted by atomic mass is 9.90. The molecule has 0 spiro atoms. The van der Waals surface area contributed by atoms with Gasteiger partial charge >= 0.3 is 0 Å². The third kappa shape index (κ3) is 3.16. The van der Waals surface area contributed by atoms with Gasteiger partial charge in [-0.1, -0.05) is 72.8 Å². The average Bonchev–Trinajstić information content (AvgIpc) is 2.59. The van der Waals surface area contributed by atoms with E-state index in [1.54, 1.807) is 0 Å².